The van der Waals surface area contributed by atoms with Crippen LogP contribution in [-0.2, 0) is 11.8 Å². The first-order valence-corrected chi connectivity index (χ1v) is 7.09. The number of benzene rings is 1. The van der Waals surface area contributed by atoms with Crippen molar-refractivity contribution in [3.8, 4) is 0 Å². The number of aryl methyl sites for hydroxylation is 2. The second-order valence-electron chi connectivity index (χ2n) is 5.10. The van der Waals surface area contributed by atoms with Crippen molar-refractivity contribution in [2.75, 3.05) is 26.3 Å². The summed E-state index contributed by atoms with van der Waals surface area (Å²) in [6.07, 6.45) is 0. The number of amides is 1. The molecule has 114 valence electrons. The molecule has 0 bridgehead atoms. The van der Waals surface area contributed by atoms with Crippen LogP contribution in [0, 0.1) is 6.92 Å². The molecule has 21 heavy (non-hydrogen) atoms. The number of hydrogen-bond donors (Lipinski definition) is 0. The Morgan fingerprint density at radius 3 is 2.62 bits per heavy atom. The number of ether oxygens (including phenoxy) is 1. The first kappa shape index (κ1) is 16.1. The van der Waals surface area contributed by atoms with E-state index in [-0.39, 0.29) is 18.3 Å². The predicted octanol–water partition coefficient (Wildman–Crippen LogP) is 3.03. The van der Waals surface area contributed by atoms with Gasteiger partial charge in [0, 0.05) is 36.1 Å². The summed E-state index contributed by atoms with van der Waals surface area (Å²) in [5.41, 5.74) is 2.76. The van der Waals surface area contributed by atoms with Gasteiger partial charge in [-0.2, -0.15) is 0 Å². The normalized spacial score (nSPS) is 15.1. The highest BCUT2D eigenvalue weighted by atomic mass is 35.5. The van der Waals surface area contributed by atoms with Gasteiger partial charge in [-0.15, -0.1) is 12.4 Å². The molecule has 0 saturated carbocycles. The number of carbonyl (C=O) groups excluding carboxylic acids is 1. The predicted molar refractivity (Wildman–Crippen MR) is 86.6 cm³/mol. The zero-order valence-electron chi connectivity index (χ0n) is 12.1. The molecule has 1 fully saturated rings. The molecule has 1 aromatic heterocycles. The van der Waals surface area contributed by atoms with Gasteiger partial charge in [0.25, 0.3) is 5.91 Å². The average Bonchev–Trinajstić information content (AvgIpc) is 2.71. The van der Waals surface area contributed by atoms with E-state index in [0.29, 0.717) is 31.3 Å². The minimum atomic E-state index is 0. The number of nitrogens with zero attached hydrogens (tertiary/aromatic N) is 2. The molecule has 0 radical (unpaired) electrons. The Morgan fingerprint density at radius 1 is 1.29 bits per heavy atom. The van der Waals surface area contributed by atoms with Gasteiger partial charge < -0.3 is 14.2 Å². The average molecular weight is 329 g/mol. The Labute approximate surface area is 135 Å². The largest absolute Gasteiger partial charge is 0.378 e. The second-order valence-corrected chi connectivity index (χ2v) is 5.54. The molecule has 1 saturated heterocycles. The van der Waals surface area contributed by atoms with Crippen LogP contribution in [0.1, 0.15) is 16.1 Å². The number of aromatic nitrogens is 1. The third-order valence-corrected chi connectivity index (χ3v) is 4.15. The minimum absolute atomic E-state index is 0. The summed E-state index contributed by atoms with van der Waals surface area (Å²) >= 11 is 6.06. The van der Waals surface area contributed by atoms with E-state index in [9.17, 15) is 4.79 Å². The van der Waals surface area contributed by atoms with E-state index in [1.165, 1.54) is 0 Å². The second kappa shape index (κ2) is 6.26. The monoisotopic (exact) mass is 328 g/mol. The van der Waals surface area contributed by atoms with Gasteiger partial charge in [-0.3, -0.25) is 4.79 Å². The molecule has 1 aliphatic heterocycles. The van der Waals surface area contributed by atoms with E-state index in [1.54, 1.807) is 0 Å². The van der Waals surface area contributed by atoms with Crippen LogP contribution in [0.25, 0.3) is 10.9 Å². The Bertz CT molecular complexity index is 676. The maximum absolute atomic E-state index is 12.7. The number of rotatable bonds is 1. The maximum Gasteiger partial charge on any atom is 0.270 e. The van der Waals surface area contributed by atoms with Crippen molar-refractivity contribution in [1.82, 2.24) is 9.47 Å². The van der Waals surface area contributed by atoms with Gasteiger partial charge in [-0.05, 0) is 30.7 Å². The first-order chi connectivity index (χ1) is 9.59. The van der Waals surface area contributed by atoms with Gasteiger partial charge in [0.05, 0.1) is 13.2 Å². The number of hydrogen-bond acceptors (Lipinski definition) is 2. The molecule has 0 N–H and O–H groups in total. The van der Waals surface area contributed by atoms with Crippen LogP contribution in [0.5, 0.6) is 0 Å². The van der Waals surface area contributed by atoms with Crippen LogP contribution in [0.4, 0.5) is 0 Å². The summed E-state index contributed by atoms with van der Waals surface area (Å²) < 4.78 is 7.26. The summed E-state index contributed by atoms with van der Waals surface area (Å²) in [6.45, 7) is 4.51. The Balaban J connectivity index is 0.00000161. The molecule has 2 aromatic rings. The lowest BCUT2D eigenvalue weighted by Crippen LogP contribution is -2.41. The molecule has 6 heteroatoms. The standard InChI is InChI=1S/C15H17ClN2O2.ClH/c1-10-12-9-11(16)3-4-13(12)17(2)14(10)15(19)18-5-7-20-8-6-18;/h3-4,9H,5-8H2,1-2H3;1H. The molecule has 4 nitrogen and oxygen atoms in total. The van der Waals surface area contributed by atoms with Gasteiger partial charge in [-0.1, -0.05) is 11.6 Å². The molecule has 0 unspecified atom stereocenters. The highest BCUT2D eigenvalue weighted by Gasteiger charge is 2.24. The molecule has 0 aliphatic carbocycles. The van der Waals surface area contributed by atoms with E-state index in [1.807, 2.05) is 41.6 Å². The van der Waals surface area contributed by atoms with E-state index in [0.717, 1.165) is 22.2 Å². The fraction of sp³-hybridized carbons (Fsp3) is 0.400. The van der Waals surface area contributed by atoms with Crippen molar-refractivity contribution in [3.63, 3.8) is 0 Å². The molecule has 0 atom stereocenters. The number of morpholine rings is 1. The van der Waals surface area contributed by atoms with Crippen LogP contribution in [0.3, 0.4) is 0 Å². The summed E-state index contributed by atoms with van der Waals surface area (Å²) in [5.74, 6) is 0.0700. The SMILES string of the molecule is Cc1c(C(=O)N2CCOCC2)n(C)c2ccc(Cl)cc12.Cl. The van der Waals surface area contributed by atoms with Crippen molar-refractivity contribution in [3.05, 3.63) is 34.5 Å². The number of fused-ring (bicyclic) bond motifs is 1. The summed E-state index contributed by atoms with van der Waals surface area (Å²) in [6, 6.07) is 5.73. The third kappa shape index (κ3) is 2.76. The fourth-order valence-corrected chi connectivity index (χ4v) is 2.99. The van der Waals surface area contributed by atoms with Gasteiger partial charge >= 0.3 is 0 Å². The number of halogens is 2. The van der Waals surface area contributed by atoms with E-state index in [4.69, 9.17) is 16.3 Å². The zero-order chi connectivity index (χ0) is 14.3. The third-order valence-electron chi connectivity index (χ3n) is 3.92. The quantitative estimate of drug-likeness (QED) is 0.806. The van der Waals surface area contributed by atoms with Gasteiger partial charge in [0.1, 0.15) is 5.69 Å². The summed E-state index contributed by atoms with van der Waals surface area (Å²) in [7, 11) is 1.93. The topological polar surface area (TPSA) is 34.5 Å². The van der Waals surface area contributed by atoms with E-state index in [2.05, 4.69) is 0 Å². The lowest BCUT2D eigenvalue weighted by molar-refractivity contribution is 0.0296. The van der Waals surface area contributed by atoms with Gasteiger partial charge in [0.2, 0.25) is 0 Å². The molecule has 2 heterocycles. The molecule has 0 spiro atoms. The zero-order valence-corrected chi connectivity index (χ0v) is 13.6. The minimum Gasteiger partial charge on any atom is -0.378 e. The molecule has 1 aromatic carbocycles. The first-order valence-electron chi connectivity index (χ1n) is 6.71. The lowest BCUT2D eigenvalue weighted by Gasteiger charge is -2.27. The molecule has 1 amide bonds. The van der Waals surface area contributed by atoms with E-state index >= 15 is 0 Å². The van der Waals surface area contributed by atoms with Gasteiger partial charge in [-0.25, -0.2) is 0 Å². The molecule has 3 rings (SSSR count). The molecular formula is C15H18Cl2N2O2. The molecule has 1 aliphatic rings. The van der Waals surface area contributed by atoms with Crippen LogP contribution >= 0.6 is 24.0 Å². The summed E-state index contributed by atoms with van der Waals surface area (Å²) in [4.78, 5) is 14.6. The van der Waals surface area contributed by atoms with Crippen LogP contribution in [0.2, 0.25) is 5.02 Å². The Kier molecular flexibility index (Phi) is 4.81. The fourth-order valence-electron chi connectivity index (χ4n) is 2.82. The van der Waals surface area contributed by atoms with Crippen molar-refractivity contribution in [1.29, 1.82) is 0 Å². The van der Waals surface area contributed by atoms with Crippen molar-refractivity contribution in [2.45, 2.75) is 6.92 Å². The summed E-state index contributed by atoms with van der Waals surface area (Å²) in [5, 5.41) is 1.73. The van der Waals surface area contributed by atoms with Crippen molar-refractivity contribution in [2.24, 2.45) is 7.05 Å². The van der Waals surface area contributed by atoms with Crippen LogP contribution in [-0.4, -0.2) is 41.7 Å². The Morgan fingerprint density at radius 2 is 1.95 bits per heavy atom. The van der Waals surface area contributed by atoms with Crippen molar-refractivity contribution < 1.29 is 9.53 Å². The van der Waals surface area contributed by atoms with Gasteiger partial charge in [0.15, 0.2) is 0 Å². The smallest absolute Gasteiger partial charge is 0.270 e. The maximum atomic E-state index is 12.7. The highest BCUT2D eigenvalue weighted by Crippen LogP contribution is 2.28. The van der Waals surface area contributed by atoms with Crippen LogP contribution in [0.15, 0.2) is 18.2 Å². The number of carbonyl (C=O) groups is 1. The van der Waals surface area contributed by atoms with Crippen molar-refractivity contribution >= 4 is 40.8 Å². The Hall–Kier alpha value is -1.23. The van der Waals surface area contributed by atoms with Crippen LogP contribution < -0.4 is 0 Å². The highest BCUT2D eigenvalue weighted by molar-refractivity contribution is 6.31. The van der Waals surface area contributed by atoms with E-state index < -0.39 is 0 Å². The molecular weight excluding hydrogens is 311 g/mol. The lowest BCUT2D eigenvalue weighted by atomic mass is 10.1.